The second kappa shape index (κ2) is 7.01. The number of hydrogen-bond donors (Lipinski definition) is 1. The molecule has 2 aromatic carbocycles. The van der Waals surface area contributed by atoms with Crippen LogP contribution in [0.2, 0.25) is 0 Å². The second-order valence-corrected chi connectivity index (χ2v) is 5.29. The molecule has 23 heavy (non-hydrogen) atoms. The van der Waals surface area contributed by atoms with E-state index in [1.54, 1.807) is 45.4 Å². The third-order valence-corrected chi connectivity index (χ3v) is 3.55. The number of aryl methyl sites for hydroxylation is 2. The SMILES string of the molecule is COc1ccc(/C=C/C(=O)c2cc(C)cc(C)c2O)cc1OC. The lowest BCUT2D eigenvalue weighted by Crippen LogP contribution is -1.97. The summed E-state index contributed by atoms with van der Waals surface area (Å²) in [5, 5.41) is 10.0. The third kappa shape index (κ3) is 3.72. The fraction of sp³-hybridized carbons (Fsp3) is 0.211. The number of phenols is 1. The Labute approximate surface area is 136 Å². The lowest BCUT2D eigenvalue weighted by molar-refractivity contribution is 0.104. The van der Waals surface area contributed by atoms with Crippen LogP contribution >= 0.6 is 0 Å². The lowest BCUT2D eigenvalue weighted by Gasteiger charge is -2.08. The Hall–Kier alpha value is -2.75. The highest BCUT2D eigenvalue weighted by atomic mass is 16.5. The van der Waals surface area contributed by atoms with Gasteiger partial charge in [0.1, 0.15) is 5.75 Å². The number of hydrogen-bond acceptors (Lipinski definition) is 4. The number of carbonyl (C=O) groups excluding carboxylic acids is 1. The predicted octanol–water partition coefficient (Wildman–Crippen LogP) is 3.92. The molecule has 120 valence electrons. The summed E-state index contributed by atoms with van der Waals surface area (Å²) in [5.41, 5.74) is 2.73. The Balaban J connectivity index is 2.28. The zero-order valence-corrected chi connectivity index (χ0v) is 13.7. The molecule has 4 heteroatoms. The Morgan fingerprint density at radius 3 is 2.39 bits per heavy atom. The maximum atomic E-state index is 12.3. The standard InChI is InChI=1S/C19H20O4/c1-12-9-13(2)19(21)15(10-12)16(20)7-5-14-6-8-17(22-3)18(11-14)23-4/h5-11,21H,1-4H3/b7-5+. The molecule has 0 saturated heterocycles. The van der Waals surface area contributed by atoms with Gasteiger partial charge in [0.2, 0.25) is 0 Å². The number of allylic oxidation sites excluding steroid dienone is 1. The van der Waals surface area contributed by atoms with Gasteiger partial charge in [0.05, 0.1) is 19.8 Å². The van der Waals surface area contributed by atoms with Crippen molar-refractivity contribution in [3.8, 4) is 17.2 Å². The lowest BCUT2D eigenvalue weighted by atomic mass is 10.0. The van der Waals surface area contributed by atoms with E-state index in [4.69, 9.17) is 9.47 Å². The normalized spacial score (nSPS) is 10.8. The molecule has 0 aliphatic carbocycles. The molecule has 0 spiro atoms. The van der Waals surface area contributed by atoms with E-state index in [0.717, 1.165) is 11.1 Å². The van der Waals surface area contributed by atoms with Crippen LogP contribution < -0.4 is 9.47 Å². The highest BCUT2D eigenvalue weighted by Crippen LogP contribution is 2.28. The largest absolute Gasteiger partial charge is 0.507 e. The molecule has 0 aliphatic rings. The number of carbonyl (C=O) groups is 1. The van der Waals surface area contributed by atoms with E-state index in [9.17, 15) is 9.90 Å². The number of benzene rings is 2. The summed E-state index contributed by atoms with van der Waals surface area (Å²) in [6, 6.07) is 8.90. The van der Waals surface area contributed by atoms with Crippen molar-refractivity contribution in [1.29, 1.82) is 0 Å². The zero-order chi connectivity index (χ0) is 17.0. The molecule has 2 rings (SSSR count). The van der Waals surface area contributed by atoms with E-state index in [1.165, 1.54) is 6.08 Å². The Morgan fingerprint density at radius 2 is 1.74 bits per heavy atom. The van der Waals surface area contributed by atoms with Crippen LogP contribution in [0.5, 0.6) is 17.2 Å². The van der Waals surface area contributed by atoms with Crippen molar-refractivity contribution in [2.45, 2.75) is 13.8 Å². The van der Waals surface area contributed by atoms with Crippen LogP contribution in [0.25, 0.3) is 6.08 Å². The number of ketones is 1. The zero-order valence-electron chi connectivity index (χ0n) is 13.7. The first kappa shape index (κ1) is 16.6. The minimum atomic E-state index is -0.246. The van der Waals surface area contributed by atoms with Crippen molar-refractivity contribution in [3.63, 3.8) is 0 Å². The molecule has 0 unspecified atom stereocenters. The van der Waals surface area contributed by atoms with Gasteiger partial charge in [-0.25, -0.2) is 0 Å². The average molecular weight is 312 g/mol. The summed E-state index contributed by atoms with van der Waals surface area (Å²) in [7, 11) is 3.13. The van der Waals surface area contributed by atoms with Gasteiger partial charge in [0.15, 0.2) is 17.3 Å². The Morgan fingerprint density at radius 1 is 1.04 bits per heavy atom. The van der Waals surface area contributed by atoms with E-state index in [-0.39, 0.29) is 11.5 Å². The van der Waals surface area contributed by atoms with Crippen LogP contribution in [0, 0.1) is 13.8 Å². The van der Waals surface area contributed by atoms with Crippen LogP contribution in [0.4, 0.5) is 0 Å². The second-order valence-electron chi connectivity index (χ2n) is 5.29. The first-order chi connectivity index (χ1) is 11.0. The van der Waals surface area contributed by atoms with Gasteiger partial charge in [-0.3, -0.25) is 4.79 Å². The monoisotopic (exact) mass is 312 g/mol. The molecule has 1 N–H and O–H groups in total. The van der Waals surface area contributed by atoms with Gasteiger partial charge >= 0.3 is 0 Å². The fourth-order valence-electron chi connectivity index (χ4n) is 2.37. The maximum Gasteiger partial charge on any atom is 0.189 e. The van der Waals surface area contributed by atoms with Gasteiger partial charge in [-0.1, -0.05) is 18.2 Å². The molecule has 0 atom stereocenters. The maximum absolute atomic E-state index is 12.3. The van der Waals surface area contributed by atoms with Crippen LogP contribution in [-0.2, 0) is 0 Å². The Bertz CT molecular complexity index is 760. The van der Waals surface area contributed by atoms with Crippen molar-refractivity contribution in [1.82, 2.24) is 0 Å². The summed E-state index contributed by atoms with van der Waals surface area (Å²) in [5.74, 6) is 1.00. The summed E-state index contributed by atoms with van der Waals surface area (Å²) < 4.78 is 10.4. The van der Waals surface area contributed by atoms with Gasteiger partial charge in [0.25, 0.3) is 0 Å². The number of ether oxygens (including phenoxy) is 2. The minimum Gasteiger partial charge on any atom is -0.507 e. The molecule has 4 nitrogen and oxygen atoms in total. The number of rotatable bonds is 5. The van der Waals surface area contributed by atoms with Gasteiger partial charge in [-0.15, -0.1) is 0 Å². The van der Waals surface area contributed by atoms with E-state index >= 15 is 0 Å². The molecule has 0 bridgehead atoms. The smallest absolute Gasteiger partial charge is 0.189 e. The van der Waals surface area contributed by atoms with E-state index < -0.39 is 0 Å². The van der Waals surface area contributed by atoms with Crippen LogP contribution in [-0.4, -0.2) is 25.1 Å². The van der Waals surface area contributed by atoms with Gasteiger partial charge in [-0.2, -0.15) is 0 Å². The fourth-order valence-corrected chi connectivity index (χ4v) is 2.37. The molecule has 0 aliphatic heterocycles. The quantitative estimate of drug-likeness (QED) is 0.671. The van der Waals surface area contributed by atoms with Crippen LogP contribution in [0.3, 0.4) is 0 Å². The molecule has 0 amide bonds. The first-order valence-corrected chi connectivity index (χ1v) is 7.21. The van der Waals surface area contributed by atoms with Crippen molar-refractivity contribution in [2.24, 2.45) is 0 Å². The molecular weight excluding hydrogens is 292 g/mol. The highest BCUT2D eigenvalue weighted by Gasteiger charge is 2.11. The summed E-state index contributed by atoms with van der Waals surface area (Å²) in [6.45, 7) is 3.67. The van der Waals surface area contributed by atoms with Gasteiger partial charge < -0.3 is 14.6 Å². The van der Waals surface area contributed by atoms with Gasteiger partial charge in [0, 0.05) is 0 Å². The first-order valence-electron chi connectivity index (χ1n) is 7.21. The summed E-state index contributed by atoms with van der Waals surface area (Å²) in [6.07, 6.45) is 3.12. The molecule has 0 fully saturated rings. The van der Waals surface area contributed by atoms with Gasteiger partial charge in [-0.05, 0) is 54.8 Å². The molecule has 0 aromatic heterocycles. The van der Waals surface area contributed by atoms with Crippen molar-refractivity contribution in [2.75, 3.05) is 14.2 Å². The number of methoxy groups -OCH3 is 2. The molecule has 0 radical (unpaired) electrons. The summed E-state index contributed by atoms with van der Waals surface area (Å²) in [4.78, 5) is 12.3. The minimum absolute atomic E-state index is 0.0255. The predicted molar refractivity (Wildman–Crippen MR) is 90.5 cm³/mol. The van der Waals surface area contributed by atoms with Crippen molar-refractivity contribution >= 4 is 11.9 Å². The Kier molecular flexibility index (Phi) is 5.06. The topological polar surface area (TPSA) is 55.8 Å². The average Bonchev–Trinajstić information content (AvgIpc) is 2.55. The van der Waals surface area contributed by atoms with E-state index in [0.29, 0.717) is 22.6 Å². The van der Waals surface area contributed by atoms with Crippen LogP contribution in [0.1, 0.15) is 27.0 Å². The number of aromatic hydroxyl groups is 1. The van der Waals surface area contributed by atoms with E-state index in [2.05, 4.69) is 0 Å². The molecule has 0 heterocycles. The van der Waals surface area contributed by atoms with Crippen molar-refractivity contribution in [3.05, 3.63) is 58.7 Å². The van der Waals surface area contributed by atoms with Crippen LogP contribution in [0.15, 0.2) is 36.4 Å². The van der Waals surface area contributed by atoms with E-state index in [1.807, 2.05) is 19.1 Å². The number of phenolic OH excluding ortho intramolecular Hbond substituents is 1. The highest BCUT2D eigenvalue weighted by molar-refractivity contribution is 6.09. The third-order valence-electron chi connectivity index (χ3n) is 3.55. The van der Waals surface area contributed by atoms with Crippen molar-refractivity contribution < 1.29 is 19.4 Å². The molecule has 0 saturated carbocycles. The molecular formula is C19H20O4. The molecule has 2 aromatic rings. The summed E-state index contributed by atoms with van der Waals surface area (Å²) >= 11 is 0.